The molecule has 106 valence electrons. The van der Waals surface area contributed by atoms with Crippen molar-refractivity contribution >= 4 is 21.6 Å². The van der Waals surface area contributed by atoms with Crippen LogP contribution in [0.15, 0.2) is 34.8 Å². The van der Waals surface area contributed by atoms with E-state index in [4.69, 9.17) is 10.00 Å². The SMILES string of the molecule is Cc1ccc(C#N)c(Oc2c(C)cc(Br)cc2[N+](=O)[O-])c1. The summed E-state index contributed by atoms with van der Waals surface area (Å²) in [5.41, 5.74) is 1.70. The van der Waals surface area contributed by atoms with Gasteiger partial charge < -0.3 is 4.74 Å². The second-order valence-corrected chi connectivity index (χ2v) is 5.46. The number of hydrogen-bond donors (Lipinski definition) is 0. The van der Waals surface area contributed by atoms with Gasteiger partial charge in [-0.15, -0.1) is 0 Å². The van der Waals surface area contributed by atoms with E-state index in [2.05, 4.69) is 15.9 Å². The molecule has 0 aliphatic heterocycles. The van der Waals surface area contributed by atoms with Crippen molar-refractivity contribution < 1.29 is 9.66 Å². The molecule has 0 aliphatic rings. The Morgan fingerprint density at radius 1 is 1.29 bits per heavy atom. The number of halogens is 1. The summed E-state index contributed by atoms with van der Waals surface area (Å²) in [6.45, 7) is 3.58. The lowest BCUT2D eigenvalue weighted by atomic mass is 10.1. The zero-order valence-electron chi connectivity index (χ0n) is 11.4. The van der Waals surface area contributed by atoms with E-state index in [0.29, 0.717) is 21.3 Å². The molecule has 0 saturated carbocycles. The molecule has 0 fully saturated rings. The van der Waals surface area contributed by atoms with Gasteiger partial charge >= 0.3 is 5.69 Å². The first-order valence-corrected chi connectivity index (χ1v) is 6.85. The lowest BCUT2D eigenvalue weighted by molar-refractivity contribution is -0.385. The number of aryl methyl sites for hydroxylation is 2. The minimum absolute atomic E-state index is 0.144. The Kier molecular flexibility index (Phi) is 4.24. The molecule has 5 nitrogen and oxygen atoms in total. The number of nitrogens with zero attached hydrogens (tertiary/aromatic N) is 2. The quantitative estimate of drug-likeness (QED) is 0.599. The van der Waals surface area contributed by atoms with Crippen molar-refractivity contribution in [2.24, 2.45) is 0 Å². The fourth-order valence-corrected chi connectivity index (χ4v) is 2.46. The van der Waals surface area contributed by atoms with Crippen molar-refractivity contribution in [3.63, 3.8) is 0 Å². The average Bonchev–Trinajstić information content (AvgIpc) is 2.41. The molecule has 0 spiro atoms. The zero-order valence-corrected chi connectivity index (χ0v) is 13.0. The Labute approximate surface area is 130 Å². The van der Waals surface area contributed by atoms with Gasteiger partial charge in [0.25, 0.3) is 0 Å². The van der Waals surface area contributed by atoms with Crippen LogP contribution >= 0.6 is 15.9 Å². The molecule has 0 N–H and O–H groups in total. The molecule has 0 atom stereocenters. The molecule has 0 bridgehead atoms. The minimum atomic E-state index is -0.505. The zero-order chi connectivity index (χ0) is 15.6. The van der Waals surface area contributed by atoms with Crippen LogP contribution in [0, 0.1) is 35.3 Å². The largest absolute Gasteiger partial charge is 0.448 e. The van der Waals surface area contributed by atoms with Crippen molar-refractivity contribution in [1.29, 1.82) is 5.26 Å². The molecule has 0 aromatic heterocycles. The predicted molar refractivity (Wildman–Crippen MR) is 81.5 cm³/mol. The smallest absolute Gasteiger partial charge is 0.312 e. The maximum atomic E-state index is 11.2. The number of nitriles is 1. The molecular weight excluding hydrogens is 336 g/mol. The lowest BCUT2D eigenvalue weighted by Crippen LogP contribution is -1.97. The summed E-state index contributed by atoms with van der Waals surface area (Å²) in [4.78, 5) is 10.7. The molecule has 6 heteroatoms. The van der Waals surface area contributed by atoms with E-state index in [1.807, 2.05) is 13.0 Å². The molecule has 0 unspecified atom stereocenters. The van der Waals surface area contributed by atoms with Gasteiger partial charge in [0.2, 0.25) is 5.75 Å². The van der Waals surface area contributed by atoms with Crippen LogP contribution in [0.1, 0.15) is 16.7 Å². The van der Waals surface area contributed by atoms with Gasteiger partial charge in [-0.05, 0) is 43.2 Å². The van der Waals surface area contributed by atoms with Gasteiger partial charge in [0.05, 0.1) is 10.5 Å². The third kappa shape index (κ3) is 3.20. The number of nitro groups is 1. The molecular formula is C15H11BrN2O3. The third-order valence-electron chi connectivity index (χ3n) is 2.89. The summed E-state index contributed by atoms with van der Waals surface area (Å²) in [5, 5.41) is 20.3. The average molecular weight is 347 g/mol. The predicted octanol–water partition coefficient (Wildman–Crippen LogP) is 4.64. The summed E-state index contributed by atoms with van der Waals surface area (Å²) in [6, 6.07) is 10.2. The first kappa shape index (κ1) is 15.0. The maximum absolute atomic E-state index is 11.2. The summed E-state index contributed by atoms with van der Waals surface area (Å²) in [7, 11) is 0. The van der Waals surface area contributed by atoms with Crippen LogP contribution < -0.4 is 4.74 Å². The van der Waals surface area contributed by atoms with E-state index in [0.717, 1.165) is 5.56 Å². The second kappa shape index (κ2) is 5.94. The van der Waals surface area contributed by atoms with E-state index in [1.54, 1.807) is 31.2 Å². The monoisotopic (exact) mass is 346 g/mol. The van der Waals surface area contributed by atoms with E-state index in [1.165, 1.54) is 6.07 Å². The summed E-state index contributed by atoms with van der Waals surface area (Å²) < 4.78 is 6.28. The highest BCUT2D eigenvalue weighted by Gasteiger charge is 2.20. The number of ether oxygens (including phenoxy) is 1. The fourth-order valence-electron chi connectivity index (χ4n) is 1.90. The molecule has 0 amide bonds. The maximum Gasteiger partial charge on any atom is 0.312 e. The van der Waals surface area contributed by atoms with Crippen LogP contribution in [0.4, 0.5) is 5.69 Å². The van der Waals surface area contributed by atoms with Crippen LogP contribution in [0.25, 0.3) is 0 Å². The van der Waals surface area contributed by atoms with E-state index < -0.39 is 4.92 Å². The summed E-state index contributed by atoms with van der Waals surface area (Å²) >= 11 is 3.23. The molecule has 0 saturated heterocycles. The number of benzene rings is 2. The highest BCUT2D eigenvalue weighted by molar-refractivity contribution is 9.10. The first-order valence-electron chi connectivity index (χ1n) is 6.05. The normalized spacial score (nSPS) is 10.0. The van der Waals surface area contributed by atoms with Crippen LogP contribution in [-0.4, -0.2) is 4.92 Å². The lowest BCUT2D eigenvalue weighted by Gasteiger charge is -2.11. The molecule has 2 aromatic carbocycles. The standard InChI is InChI=1S/C15H11BrN2O3/c1-9-3-4-11(8-17)14(5-9)21-15-10(2)6-12(16)7-13(15)18(19)20/h3-7H,1-2H3. The number of rotatable bonds is 3. The van der Waals surface area contributed by atoms with Gasteiger partial charge in [0, 0.05) is 10.5 Å². The Balaban J connectivity index is 2.57. The van der Waals surface area contributed by atoms with E-state index in [9.17, 15) is 10.1 Å². The van der Waals surface area contributed by atoms with Gasteiger partial charge in [0.1, 0.15) is 11.8 Å². The van der Waals surface area contributed by atoms with Crippen molar-refractivity contribution in [3.8, 4) is 17.6 Å². The number of nitro benzene ring substituents is 1. The fraction of sp³-hybridized carbons (Fsp3) is 0.133. The molecule has 21 heavy (non-hydrogen) atoms. The highest BCUT2D eigenvalue weighted by atomic mass is 79.9. The van der Waals surface area contributed by atoms with Gasteiger partial charge in [0.15, 0.2) is 0 Å². The molecule has 0 aliphatic carbocycles. The van der Waals surface area contributed by atoms with Crippen molar-refractivity contribution in [2.75, 3.05) is 0 Å². The van der Waals surface area contributed by atoms with Gasteiger partial charge in [-0.2, -0.15) is 5.26 Å². The summed E-state index contributed by atoms with van der Waals surface area (Å²) in [5.74, 6) is 0.455. The Hall–Kier alpha value is -2.39. The van der Waals surface area contributed by atoms with Crippen LogP contribution in [0.3, 0.4) is 0 Å². The minimum Gasteiger partial charge on any atom is -0.448 e. The van der Waals surface area contributed by atoms with Gasteiger partial charge in [-0.1, -0.05) is 22.0 Å². The Bertz CT molecular complexity index is 766. The molecule has 2 rings (SSSR count). The van der Waals surface area contributed by atoms with Crippen LogP contribution in [-0.2, 0) is 0 Å². The Morgan fingerprint density at radius 2 is 2.00 bits per heavy atom. The van der Waals surface area contributed by atoms with Crippen molar-refractivity contribution in [2.45, 2.75) is 13.8 Å². The topological polar surface area (TPSA) is 76.2 Å². The summed E-state index contributed by atoms with van der Waals surface area (Å²) in [6.07, 6.45) is 0. The molecule has 2 aromatic rings. The van der Waals surface area contributed by atoms with E-state index >= 15 is 0 Å². The third-order valence-corrected chi connectivity index (χ3v) is 3.34. The second-order valence-electron chi connectivity index (χ2n) is 4.54. The van der Waals surface area contributed by atoms with Gasteiger partial charge in [-0.3, -0.25) is 10.1 Å². The molecule has 0 heterocycles. The van der Waals surface area contributed by atoms with E-state index in [-0.39, 0.29) is 11.4 Å². The Morgan fingerprint density at radius 3 is 2.62 bits per heavy atom. The molecule has 0 radical (unpaired) electrons. The first-order chi connectivity index (χ1) is 9.92. The van der Waals surface area contributed by atoms with Crippen LogP contribution in [0.2, 0.25) is 0 Å². The number of hydrogen-bond acceptors (Lipinski definition) is 4. The van der Waals surface area contributed by atoms with Crippen molar-refractivity contribution in [3.05, 3.63) is 61.6 Å². The van der Waals surface area contributed by atoms with Crippen molar-refractivity contribution in [1.82, 2.24) is 0 Å². The van der Waals surface area contributed by atoms with Gasteiger partial charge in [-0.25, -0.2) is 0 Å². The highest BCUT2D eigenvalue weighted by Crippen LogP contribution is 2.38. The van der Waals surface area contributed by atoms with Crippen LogP contribution in [0.5, 0.6) is 11.5 Å².